The van der Waals surface area contributed by atoms with Crippen LogP contribution >= 0.6 is 27.5 Å². The topological polar surface area (TPSA) is 55.2 Å². The van der Waals surface area contributed by atoms with Gasteiger partial charge in [0.1, 0.15) is 0 Å². The van der Waals surface area contributed by atoms with Crippen LogP contribution in [-0.4, -0.2) is 4.92 Å². The zero-order valence-corrected chi connectivity index (χ0v) is 13.9. The van der Waals surface area contributed by atoms with Crippen LogP contribution < -0.4 is 5.32 Å². The number of nitro groups is 1. The summed E-state index contributed by atoms with van der Waals surface area (Å²) in [6.07, 6.45) is 0. The molecule has 1 atom stereocenters. The van der Waals surface area contributed by atoms with Gasteiger partial charge in [0.2, 0.25) is 0 Å². The summed E-state index contributed by atoms with van der Waals surface area (Å²) in [7, 11) is 0. The Balaban J connectivity index is 2.25. The lowest BCUT2D eigenvalue weighted by atomic mass is 10.1. The van der Waals surface area contributed by atoms with Crippen molar-refractivity contribution in [2.75, 3.05) is 5.32 Å². The molecule has 0 fully saturated rings. The van der Waals surface area contributed by atoms with Crippen molar-refractivity contribution in [3.8, 4) is 0 Å². The lowest BCUT2D eigenvalue weighted by Crippen LogP contribution is -2.07. The third kappa shape index (κ3) is 3.74. The van der Waals surface area contributed by atoms with Crippen LogP contribution in [0, 0.1) is 17.0 Å². The quantitative estimate of drug-likeness (QED) is 0.572. The number of rotatable bonds is 4. The van der Waals surface area contributed by atoms with Crippen molar-refractivity contribution in [1.82, 2.24) is 0 Å². The molecule has 0 aliphatic carbocycles. The molecule has 1 unspecified atom stereocenters. The summed E-state index contributed by atoms with van der Waals surface area (Å²) in [5.74, 6) is 0. The van der Waals surface area contributed by atoms with E-state index in [1.165, 1.54) is 6.07 Å². The number of aryl methyl sites for hydroxylation is 1. The van der Waals surface area contributed by atoms with Crippen molar-refractivity contribution in [2.45, 2.75) is 19.9 Å². The van der Waals surface area contributed by atoms with Gasteiger partial charge in [0.15, 0.2) is 0 Å². The van der Waals surface area contributed by atoms with Crippen molar-refractivity contribution in [2.24, 2.45) is 0 Å². The lowest BCUT2D eigenvalue weighted by molar-refractivity contribution is -0.385. The number of nitro benzene ring substituents is 1. The minimum atomic E-state index is -0.382. The van der Waals surface area contributed by atoms with Gasteiger partial charge >= 0.3 is 0 Å². The second-order valence-electron chi connectivity index (χ2n) is 4.79. The summed E-state index contributed by atoms with van der Waals surface area (Å²) in [5.41, 5.74) is 2.63. The molecule has 0 bridgehead atoms. The van der Waals surface area contributed by atoms with E-state index in [-0.39, 0.29) is 16.7 Å². The maximum absolute atomic E-state index is 10.9. The standard InChI is InChI=1S/C15H14BrClN2O2/c1-9-7-14(13(16)8-15(9)19(20)21)18-10(2)11-3-5-12(17)6-4-11/h3-8,10,18H,1-2H3. The van der Waals surface area contributed by atoms with Crippen LogP contribution in [0.3, 0.4) is 0 Å². The maximum Gasteiger partial charge on any atom is 0.273 e. The predicted molar refractivity (Wildman–Crippen MR) is 89.0 cm³/mol. The molecule has 0 aliphatic heterocycles. The average molecular weight is 370 g/mol. The fourth-order valence-electron chi connectivity index (χ4n) is 2.05. The first-order valence-electron chi connectivity index (χ1n) is 6.35. The molecule has 21 heavy (non-hydrogen) atoms. The Morgan fingerprint density at radius 1 is 1.29 bits per heavy atom. The SMILES string of the molecule is Cc1cc(NC(C)c2ccc(Cl)cc2)c(Br)cc1[N+](=O)[O-]. The molecule has 2 aromatic rings. The molecule has 4 nitrogen and oxygen atoms in total. The Hall–Kier alpha value is -1.59. The van der Waals surface area contributed by atoms with Crippen molar-refractivity contribution >= 4 is 38.9 Å². The van der Waals surface area contributed by atoms with E-state index in [2.05, 4.69) is 21.2 Å². The van der Waals surface area contributed by atoms with Gasteiger partial charge in [0, 0.05) is 32.9 Å². The van der Waals surface area contributed by atoms with Crippen LogP contribution in [-0.2, 0) is 0 Å². The molecule has 0 amide bonds. The molecule has 0 saturated carbocycles. The third-order valence-corrected chi connectivity index (χ3v) is 4.13. The first-order chi connectivity index (χ1) is 9.88. The molecular weight excluding hydrogens is 356 g/mol. The molecule has 110 valence electrons. The van der Waals surface area contributed by atoms with Gasteiger partial charge in [-0.05, 0) is 53.5 Å². The van der Waals surface area contributed by atoms with Crippen molar-refractivity contribution < 1.29 is 4.92 Å². The molecule has 0 spiro atoms. The monoisotopic (exact) mass is 368 g/mol. The summed E-state index contributed by atoms with van der Waals surface area (Å²) in [6.45, 7) is 3.75. The highest BCUT2D eigenvalue weighted by atomic mass is 79.9. The normalized spacial score (nSPS) is 12.0. The summed E-state index contributed by atoms with van der Waals surface area (Å²) in [4.78, 5) is 10.5. The number of nitrogens with zero attached hydrogens (tertiary/aromatic N) is 1. The number of benzene rings is 2. The Bertz CT molecular complexity index is 674. The van der Waals surface area contributed by atoms with E-state index in [1.807, 2.05) is 31.2 Å². The van der Waals surface area contributed by atoms with Crippen molar-refractivity contribution in [3.63, 3.8) is 0 Å². The minimum absolute atomic E-state index is 0.0550. The predicted octanol–water partition coefficient (Wildman–Crippen LogP) is 5.49. The van der Waals surface area contributed by atoms with E-state index in [9.17, 15) is 10.1 Å². The number of hydrogen-bond donors (Lipinski definition) is 1. The molecule has 0 heterocycles. The molecule has 1 N–H and O–H groups in total. The fraction of sp³-hybridized carbons (Fsp3) is 0.200. The minimum Gasteiger partial charge on any atom is -0.378 e. The van der Waals surface area contributed by atoms with E-state index in [0.717, 1.165) is 11.3 Å². The van der Waals surface area contributed by atoms with Crippen LogP contribution in [0.1, 0.15) is 24.1 Å². The number of hydrogen-bond acceptors (Lipinski definition) is 3. The van der Waals surface area contributed by atoms with Crippen LogP contribution in [0.5, 0.6) is 0 Å². The number of anilines is 1. The zero-order valence-electron chi connectivity index (χ0n) is 11.6. The van der Waals surface area contributed by atoms with Gasteiger partial charge in [-0.15, -0.1) is 0 Å². The fourth-order valence-corrected chi connectivity index (χ4v) is 2.62. The third-order valence-electron chi connectivity index (χ3n) is 3.22. The molecule has 0 aromatic heterocycles. The van der Waals surface area contributed by atoms with Gasteiger partial charge < -0.3 is 5.32 Å². The first kappa shape index (κ1) is 15.8. The van der Waals surface area contributed by atoms with E-state index in [0.29, 0.717) is 15.1 Å². The Morgan fingerprint density at radius 2 is 1.90 bits per heavy atom. The average Bonchev–Trinajstić information content (AvgIpc) is 2.42. The van der Waals surface area contributed by atoms with Gasteiger partial charge in [0.05, 0.1) is 4.92 Å². The highest BCUT2D eigenvalue weighted by Crippen LogP contribution is 2.32. The van der Waals surface area contributed by atoms with Crippen LogP contribution in [0.25, 0.3) is 0 Å². The molecule has 2 rings (SSSR count). The van der Waals surface area contributed by atoms with Gasteiger partial charge in [-0.1, -0.05) is 23.7 Å². The molecule has 0 radical (unpaired) electrons. The van der Waals surface area contributed by atoms with Crippen LogP contribution in [0.15, 0.2) is 40.9 Å². The number of nitrogens with one attached hydrogen (secondary N) is 1. The van der Waals surface area contributed by atoms with E-state index in [1.54, 1.807) is 13.0 Å². The highest BCUT2D eigenvalue weighted by Gasteiger charge is 2.15. The molecule has 6 heteroatoms. The summed E-state index contributed by atoms with van der Waals surface area (Å²) in [6, 6.07) is 10.9. The summed E-state index contributed by atoms with van der Waals surface area (Å²) in [5, 5.41) is 14.9. The van der Waals surface area contributed by atoms with Gasteiger partial charge in [0.25, 0.3) is 5.69 Å². The largest absolute Gasteiger partial charge is 0.378 e. The molecular formula is C15H14BrClN2O2. The van der Waals surface area contributed by atoms with E-state index in [4.69, 9.17) is 11.6 Å². The van der Waals surface area contributed by atoms with Crippen LogP contribution in [0.4, 0.5) is 11.4 Å². The molecule has 0 aliphatic rings. The van der Waals surface area contributed by atoms with Crippen LogP contribution in [0.2, 0.25) is 5.02 Å². The summed E-state index contributed by atoms with van der Waals surface area (Å²) < 4.78 is 0.667. The van der Waals surface area contributed by atoms with E-state index < -0.39 is 0 Å². The van der Waals surface area contributed by atoms with Gasteiger partial charge in [-0.25, -0.2) is 0 Å². The molecule has 0 saturated heterocycles. The van der Waals surface area contributed by atoms with Crippen molar-refractivity contribution in [3.05, 3.63) is 67.1 Å². The van der Waals surface area contributed by atoms with Gasteiger partial charge in [-0.2, -0.15) is 0 Å². The second kappa shape index (κ2) is 6.45. The lowest BCUT2D eigenvalue weighted by Gasteiger charge is -2.17. The molecule has 2 aromatic carbocycles. The first-order valence-corrected chi connectivity index (χ1v) is 7.52. The zero-order chi connectivity index (χ0) is 15.6. The summed E-state index contributed by atoms with van der Waals surface area (Å²) >= 11 is 9.25. The van der Waals surface area contributed by atoms with Gasteiger partial charge in [-0.3, -0.25) is 10.1 Å². The Morgan fingerprint density at radius 3 is 2.48 bits per heavy atom. The highest BCUT2D eigenvalue weighted by molar-refractivity contribution is 9.10. The Kier molecular flexibility index (Phi) is 4.85. The van der Waals surface area contributed by atoms with Crippen molar-refractivity contribution in [1.29, 1.82) is 0 Å². The maximum atomic E-state index is 10.9. The van der Waals surface area contributed by atoms with E-state index >= 15 is 0 Å². The second-order valence-corrected chi connectivity index (χ2v) is 6.08. The number of halogens is 2. The Labute approximate surface area is 136 Å². The smallest absolute Gasteiger partial charge is 0.273 e.